The minimum absolute atomic E-state index is 0.111. The van der Waals surface area contributed by atoms with Crippen LogP contribution in [0.15, 0.2) is 15.5 Å². The molecule has 0 aliphatic heterocycles. The molecule has 0 aliphatic rings. The first-order valence-electron chi connectivity index (χ1n) is 6.04. The lowest BCUT2D eigenvalue weighted by atomic mass is 10.1. The van der Waals surface area contributed by atoms with E-state index in [-0.39, 0.29) is 22.9 Å². The summed E-state index contributed by atoms with van der Waals surface area (Å²) in [5, 5.41) is 0. The quantitative estimate of drug-likeness (QED) is 0.891. The highest BCUT2D eigenvalue weighted by Gasteiger charge is 2.21. The number of amides is 1. The summed E-state index contributed by atoms with van der Waals surface area (Å²) < 4.78 is 0.420. The predicted molar refractivity (Wildman–Crippen MR) is 84.1 cm³/mol. The molecule has 1 atom stereocenters. The van der Waals surface area contributed by atoms with Crippen LogP contribution in [-0.2, 0) is 0 Å². The van der Waals surface area contributed by atoms with Crippen molar-refractivity contribution in [2.75, 3.05) is 19.1 Å². The Hall–Kier alpha value is -0.750. The summed E-state index contributed by atoms with van der Waals surface area (Å²) in [5.74, 6) is 0.753. The maximum Gasteiger partial charge on any atom is 0.259 e. The molecule has 1 N–H and O–H groups in total. The Kier molecular flexibility index (Phi) is 6.13. The molecule has 0 bridgehead atoms. The van der Waals surface area contributed by atoms with Crippen LogP contribution < -0.4 is 5.43 Å². The largest absolute Gasteiger partial charge is 0.363 e. The van der Waals surface area contributed by atoms with Crippen LogP contribution in [0, 0.1) is 6.92 Å². The molecule has 0 spiro atoms. The number of nitrogens with zero attached hydrogens (tertiary/aromatic N) is 1. The first-order valence-corrected chi connectivity index (χ1v) is 8.22. The maximum atomic E-state index is 12.3. The Balaban J connectivity index is 2.95. The SMILES string of the molecule is CSCCC(C)N(C)C(=O)c1c[nH]c(C)c(Br)c1=O. The van der Waals surface area contributed by atoms with Crippen molar-refractivity contribution >= 4 is 33.6 Å². The van der Waals surface area contributed by atoms with E-state index in [0.717, 1.165) is 17.9 Å². The summed E-state index contributed by atoms with van der Waals surface area (Å²) in [7, 11) is 1.74. The van der Waals surface area contributed by atoms with Gasteiger partial charge < -0.3 is 9.88 Å². The van der Waals surface area contributed by atoms with E-state index in [9.17, 15) is 9.59 Å². The summed E-state index contributed by atoms with van der Waals surface area (Å²) in [4.78, 5) is 28.9. The predicted octanol–water partition coefficient (Wildman–Crippen LogP) is 2.66. The fourth-order valence-corrected chi connectivity index (χ4v) is 2.53. The van der Waals surface area contributed by atoms with Crippen LogP contribution in [0.4, 0.5) is 0 Å². The number of carbonyl (C=O) groups excluding carboxylic acids is 1. The van der Waals surface area contributed by atoms with Gasteiger partial charge in [-0.1, -0.05) is 0 Å². The van der Waals surface area contributed by atoms with Gasteiger partial charge in [0.15, 0.2) is 0 Å². The molecule has 19 heavy (non-hydrogen) atoms. The average molecular weight is 347 g/mol. The molecule has 1 aromatic heterocycles. The van der Waals surface area contributed by atoms with Gasteiger partial charge in [-0.2, -0.15) is 11.8 Å². The minimum atomic E-state index is -0.259. The van der Waals surface area contributed by atoms with Crippen molar-refractivity contribution < 1.29 is 4.79 Å². The fourth-order valence-electron chi connectivity index (χ4n) is 1.63. The van der Waals surface area contributed by atoms with Crippen molar-refractivity contribution in [1.82, 2.24) is 9.88 Å². The smallest absolute Gasteiger partial charge is 0.259 e. The molecule has 0 aromatic carbocycles. The molecule has 1 unspecified atom stereocenters. The van der Waals surface area contributed by atoms with Crippen molar-refractivity contribution in [3.05, 3.63) is 32.2 Å². The van der Waals surface area contributed by atoms with Crippen LogP contribution in [0.1, 0.15) is 29.4 Å². The average Bonchev–Trinajstić information content (AvgIpc) is 2.40. The molecular formula is C13H19BrN2O2S. The number of hydrogen-bond donors (Lipinski definition) is 1. The Morgan fingerprint density at radius 3 is 2.79 bits per heavy atom. The van der Waals surface area contributed by atoms with E-state index in [4.69, 9.17) is 0 Å². The molecule has 4 nitrogen and oxygen atoms in total. The summed E-state index contributed by atoms with van der Waals surface area (Å²) >= 11 is 4.96. The highest BCUT2D eigenvalue weighted by molar-refractivity contribution is 9.10. The molecule has 0 aliphatic carbocycles. The first-order chi connectivity index (χ1) is 8.90. The number of pyridine rings is 1. The van der Waals surface area contributed by atoms with E-state index in [0.29, 0.717) is 4.47 Å². The number of aromatic amines is 1. The first kappa shape index (κ1) is 16.3. The number of H-pyrrole nitrogens is 1. The van der Waals surface area contributed by atoms with Gasteiger partial charge in [0.2, 0.25) is 5.43 Å². The minimum Gasteiger partial charge on any atom is -0.363 e. The standard InChI is InChI=1S/C13H19BrN2O2S/c1-8(5-6-19-4)16(3)13(18)10-7-15-9(2)11(14)12(10)17/h7-8H,5-6H2,1-4H3,(H,15,17). The van der Waals surface area contributed by atoms with Crippen LogP contribution in [-0.4, -0.2) is 40.9 Å². The van der Waals surface area contributed by atoms with Crippen molar-refractivity contribution in [1.29, 1.82) is 0 Å². The van der Waals surface area contributed by atoms with Gasteiger partial charge in [-0.15, -0.1) is 0 Å². The summed E-state index contributed by atoms with van der Waals surface area (Å²) in [6, 6.07) is 0.111. The van der Waals surface area contributed by atoms with Crippen molar-refractivity contribution in [3.8, 4) is 0 Å². The lowest BCUT2D eigenvalue weighted by Gasteiger charge is -2.24. The zero-order valence-corrected chi connectivity index (χ0v) is 14.0. The molecular weight excluding hydrogens is 328 g/mol. The third-order valence-corrected chi connectivity index (χ3v) is 4.76. The molecule has 0 saturated carbocycles. The zero-order valence-electron chi connectivity index (χ0n) is 11.6. The highest BCUT2D eigenvalue weighted by Crippen LogP contribution is 2.12. The summed E-state index contributed by atoms with van der Waals surface area (Å²) in [6.45, 7) is 3.77. The van der Waals surface area contributed by atoms with Crippen molar-refractivity contribution in [2.24, 2.45) is 0 Å². The maximum absolute atomic E-state index is 12.3. The monoisotopic (exact) mass is 346 g/mol. The van der Waals surface area contributed by atoms with Crippen LogP contribution >= 0.6 is 27.7 Å². The number of rotatable bonds is 5. The van der Waals surface area contributed by atoms with E-state index in [1.807, 2.05) is 13.2 Å². The highest BCUT2D eigenvalue weighted by atomic mass is 79.9. The molecule has 1 amide bonds. The fraction of sp³-hybridized carbons (Fsp3) is 0.538. The van der Waals surface area contributed by atoms with Gasteiger partial charge in [0.25, 0.3) is 5.91 Å². The van der Waals surface area contributed by atoms with E-state index < -0.39 is 0 Å². The van der Waals surface area contributed by atoms with Crippen molar-refractivity contribution in [2.45, 2.75) is 26.3 Å². The summed E-state index contributed by atoms with van der Waals surface area (Å²) in [5.41, 5.74) is 0.640. The molecule has 1 rings (SSSR count). The van der Waals surface area contributed by atoms with E-state index >= 15 is 0 Å². The lowest BCUT2D eigenvalue weighted by Crippen LogP contribution is -2.38. The van der Waals surface area contributed by atoms with Gasteiger partial charge in [0.1, 0.15) is 5.56 Å². The Morgan fingerprint density at radius 1 is 1.58 bits per heavy atom. The van der Waals surface area contributed by atoms with Gasteiger partial charge in [-0.05, 0) is 48.2 Å². The lowest BCUT2D eigenvalue weighted by molar-refractivity contribution is 0.0739. The van der Waals surface area contributed by atoms with E-state index in [1.165, 1.54) is 6.20 Å². The molecule has 6 heteroatoms. The van der Waals surface area contributed by atoms with Gasteiger partial charge in [-0.25, -0.2) is 0 Å². The molecule has 0 fully saturated rings. The van der Waals surface area contributed by atoms with Crippen molar-refractivity contribution in [3.63, 3.8) is 0 Å². The van der Waals surface area contributed by atoms with Crippen LogP contribution in [0.25, 0.3) is 0 Å². The summed E-state index contributed by atoms with van der Waals surface area (Å²) in [6.07, 6.45) is 4.44. The van der Waals surface area contributed by atoms with E-state index in [1.54, 1.807) is 30.6 Å². The second-order valence-electron chi connectivity index (χ2n) is 4.52. The number of hydrogen-bond acceptors (Lipinski definition) is 3. The molecule has 1 heterocycles. The van der Waals surface area contributed by atoms with Gasteiger partial charge >= 0.3 is 0 Å². The van der Waals surface area contributed by atoms with Gasteiger partial charge in [0.05, 0.1) is 4.47 Å². The van der Waals surface area contributed by atoms with Crippen LogP contribution in [0.5, 0.6) is 0 Å². The van der Waals surface area contributed by atoms with E-state index in [2.05, 4.69) is 20.9 Å². The Bertz CT molecular complexity index is 516. The molecule has 0 saturated heterocycles. The number of aryl methyl sites for hydroxylation is 1. The Labute approximate surface area is 126 Å². The van der Waals surface area contributed by atoms with Gasteiger partial charge in [-0.3, -0.25) is 9.59 Å². The second-order valence-corrected chi connectivity index (χ2v) is 6.30. The normalized spacial score (nSPS) is 12.3. The van der Waals surface area contributed by atoms with Gasteiger partial charge in [0, 0.05) is 25.0 Å². The topological polar surface area (TPSA) is 53.2 Å². The Morgan fingerprint density at radius 2 is 2.21 bits per heavy atom. The number of carbonyl (C=O) groups is 1. The van der Waals surface area contributed by atoms with Crippen LogP contribution in [0.2, 0.25) is 0 Å². The molecule has 106 valence electrons. The third-order valence-electron chi connectivity index (χ3n) is 3.16. The number of nitrogens with one attached hydrogen (secondary N) is 1. The molecule has 0 radical (unpaired) electrons. The number of thioether (sulfide) groups is 1. The second kappa shape index (κ2) is 7.14. The third kappa shape index (κ3) is 3.86. The number of aromatic nitrogens is 1. The van der Waals surface area contributed by atoms with Crippen LogP contribution in [0.3, 0.4) is 0 Å². The zero-order chi connectivity index (χ0) is 14.6. The number of halogens is 1. The molecule has 1 aromatic rings.